The summed E-state index contributed by atoms with van der Waals surface area (Å²) in [4.78, 5) is 5.34. The summed E-state index contributed by atoms with van der Waals surface area (Å²) in [6.45, 7) is 22.5. The maximum atomic E-state index is 5.56. The van der Waals surface area contributed by atoms with Gasteiger partial charge >= 0.3 is 0 Å². The molecule has 1 aliphatic carbocycles. The van der Waals surface area contributed by atoms with Gasteiger partial charge in [0, 0.05) is 31.2 Å². The number of ether oxygens (including phenoxy) is 1. The molecule has 0 aromatic heterocycles. The Kier molecular flexibility index (Phi) is 6.08. The summed E-state index contributed by atoms with van der Waals surface area (Å²) in [7, 11) is 2.38. The molecule has 0 radical (unpaired) electrons. The minimum absolute atomic E-state index is 0.283. The zero-order valence-corrected chi connectivity index (χ0v) is 19.5. The van der Waals surface area contributed by atoms with Gasteiger partial charge in [-0.25, -0.2) is 0 Å². The Morgan fingerprint density at radius 1 is 0.889 bits per heavy atom. The normalized spacial score (nSPS) is 34.2. The molecule has 158 valence electrons. The third kappa shape index (κ3) is 4.90. The van der Waals surface area contributed by atoms with Crippen molar-refractivity contribution in [3.05, 3.63) is 0 Å². The molecule has 0 spiro atoms. The van der Waals surface area contributed by atoms with E-state index in [1.807, 2.05) is 0 Å². The smallest absolute Gasteiger partial charge is 0.0594 e. The van der Waals surface area contributed by atoms with Crippen molar-refractivity contribution in [3.63, 3.8) is 0 Å². The summed E-state index contributed by atoms with van der Waals surface area (Å²) in [5.74, 6) is 2.87. The number of hydrogen-bond acceptors (Lipinski definition) is 3. The van der Waals surface area contributed by atoms with Crippen molar-refractivity contribution in [3.8, 4) is 0 Å². The Morgan fingerprint density at radius 2 is 1.52 bits per heavy atom. The summed E-state index contributed by atoms with van der Waals surface area (Å²) < 4.78 is 5.56. The molecule has 3 fully saturated rings. The lowest BCUT2D eigenvalue weighted by molar-refractivity contribution is -0.0185. The van der Waals surface area contributed by atoms with Crippen LogP contribution in [0.1, 0.15) is 74.1 Å². The van der Waals surface area contributed by atoms with Gasteiger partial charge in [0.25, 0.3) is 0 Å². The van der Waals surface area contributed by atoms with Crippen LogP contribution in [0, 0.1) is 28.6 Å². The van der Waals surface area contributed by atoms with Crippen molar-refractivity contribution < 1.29 is 4.74 Å². The van der Waals surface area contributed by atoms with E-state index in [0.717, 1.165) is 50.1 Å². The highest BCUT2D eigenvalue weighted by molar-refractivity contribution is 5.04. The van der Waals surface area contributed by atoms with E-state index in [0.29, 0.717) is 10.8 Å². The van der Waals surface area contributed by atoms with Crippen molar-refractivity contribution in [1.82, 2.24) is 9.80 Å². The van der Waals surface area contributed by atoms with Crippen LogP contribution in [0.3, 0.4) is 0 Å². The molecule has 3 nitrogen and oxygen atoms in total. The van der Waals surface area contributed by atoms with E-state index < -0.39 is 0 Å². The van der Waals surface area contributed by atoms with Gasteiger partial charge in [0.1, 0.15) is 0 Å². The van der Waals surface area contributed by atoms with Gasteiger partial charge in [-0.1, -0.05) is 34.6 Å². The Labute approximate surface area is 169 Å². The van der Waals surface area contributed by atoms with Crippen LogP contribution in [-0.2, 0) is 4.74 Å². The molecule has 0 N–H and O–H groups in total. The quantitative estimate of drug-likeness (QED) is 0.653. The molecule has 2 aliphatic heterocycles. The van der Waals surface area contributed by atoms with Crippen molar-refractivity contribution in [2.24, 2.45) is 28.6 Å². The van der Waals surface area contributed by atoms with Gasteiger partial charge in [-0.3, -0.25) is 4.90 Å². The fraction of sp³-hybridized carbons (Fsp3) is 1.00. The predicted molar refractivity (Wildman–Crippen MR) is 115 cm³/mol. The highest BCUT2D eigenvalue weighted by Crippen LogP contribution is 2.57. The van der Waals surface area contributed by atoms with E-state index in [-0.39, 0.29) is 5.54 Å². The third-order valence-electron chi connectivity index (χ3n) is 8.29. The van der Waals surface area contributed by atoms with Gasteiger partial charge in [0.15, 0.2) is 0 Å². The molecule has 4 atom stereocenters. The zero-order valence-electron chi connectivity index (χ0n) is 19.5. The van der Waals surface area contributed by atoms with E-state index in [1.165, 1.54) is 32.2 Å². The van der Waals surface area contributed by atoms with Crippen LogP contribution in [0.4, 0.5) is 0 Å². The molecule has 2 saturated heterocycles. The second kappa shape index (κ2) is 7.61. The lowest BCUT2D eigenvalue weighted by Gasteiger charge is -2.44. The summed E-state index contributed by atoms with van der Waals surface area (Å²) in [5.41, 5.74) is 1.17. The number of hydrogen-bond donors (Lipinski definition) is 0. The zero-order chi connectivity index (χ0) is 20.0. The summed E-state index contributed by atoms with van der Waals surface area (Å²) >= 11 is 0. The average molecular weight is 379 g/mol. The minimum atomic E-state index is 0.283. The standard InChI is InChI=1S/C24H46N2O/c1-22(2,3)20-16-19(20)18-15-21(25(8)17-18)23(4,5)9-10-24(6,7)26-11-13-27-14-12-26/h18-21H,9-17H2,1-8H3. The molecular formula is C24H46N2O. The first-order chi connectivity index (χ1) is 12.4. The van der Waals surface area contributed by atoms with Crippen LogP contribution in [0.5, 0.6) is 0 Å². The fourth-order valence-electron chi connectivity index (χ4n) is 6.12. The molecule has 4 unspecified atom stereocenters. The first-order valence-electron chi connectivity index (χ1n) is 11.4. The molecule has 2 heterocycles. The lowest BCUT2D eigenvalue weighted by Crippen LogP contribution is -2.50. The maximum absolute atomic E-state index is 5.56. The number of rotatable bonds is 6. The molecular weight excluding hydrogens is 332 g/mol. The van der Waals surface area contributed by atoms with Gasteiger partial charge in [0.2, 0.25) is 0 Å². The van der Waals surface area contributed by atoms with Crippen molar-refractivity contribution in [2.45, 2.75) is 85.7 Å². The van der Waals surface area contributed by atoms with Gasteiger partial charge in [0.05, 0.1) is 13.2 Å². The summed E-state index contributed by atoms with van der Waals surface area (Å²) in [6.07, 6.45) is 5.48. The fourth-order valence-corrected chi connectivity index (χ4v) is 6.12. The molecule has 0 aromatic rings. The van der Waals surface area contributed by atoms with Crippen molar-refractivity contribution in [1.29, 1.82) is 0 Å². The van der Waals surface area contributed by atoms with E-state index in [4.69, 9.17) is 4.74 Å². The van der Waals surface area contributed by atoms with Gasteiger partial charge in [-0.05, 0) is 75.2 Å². The lowest BCUT2D eigenvalue weighted by atomic mass is 9.74. The van der Waals surface area contributed by atoms with Crippen LogP contribution in [0.2, 0.25) is 0 Å². The van der Waals surface area contributed by atoms with Crippen molar-refractivity contribution >= 4 is 0 Å². The third-order valence-corrected chi connectivity index (χ3v) is 8.29. The minimum Gasteiger partial charge on any atom is -0.379 e. The highest BCUT2D eigenvalue weighted by Gasteiger charge is 2.53. The van der Waals surface area contributed by atoms with E-state index in [9.17, 15) is 0 Å². The van der Waals surface area contributed by atoms with Crippen LogP contribution in [-0.4, -0.2) is 61.3 Å². The van der Waals surface area contributed by atoms with E-state index in [2.05, 4.69) is 65.3 Å². The summed E-state index contributed by atoms with van der Waals surface area (Å²) in [6, 6.07) is 0.740. The van der Waals surface area contributed by atoms with E-state index in [1.54, 1.807) is 0 Å². The van der Waals surface area contributed by atoms with Crippen LogP contribution >= 0.6 is 0 Å². The molecule has 0 bridgehead atoms. The Hall–Kier alpha value is -0.120. The van der Waals surface area contributed by atoms with Gasteiger partial charge in [-0.15, -0.1) is 0 Å². The largest absolute Gasteiger partial charge is 0.379 e. The molecule has 0 amide bonds. The average Bonchev–Trinajstić information content (AvgIpc) is 3.31. The SMILES string of the molecule is CN1CC(C2CC2C(C)(C)C)CC1C(C)(C)CCC(C)(C)N1CCOCC1. The first kappa shape index (κ1) is 21.6. The first-order valence-corrected chi connectivity index (χ1v) is 11.4. The molecule has 3 aliphatic rings. The van der Waals surface area contributed by atoms with Crippen LogP contribution < -0.4 is 0 Å². The molecule has 1 saturated carbocycles. The molecule has 27 heavy (non-hydrogen) atoms. The number of morpholine rings is 1. The second-order valence-electron chi connectivity index (χ2n) is 12.2. The van der Waals surface area contributed by atoms with Crippen LogP contribution in [0.15, 0.2) is 0 Å². The van der Waals surface area contributed by atoms with Gasteiger partial charge in [-0.2, -0.15) is 0 Å². The highest BCUT2D eigenvalue weighted by atomic mass is 16.5. The monoisotopic (exact) mass is 378 g/mol. The summed E-state index contributed by atoms with van der Waals surface area (Å²) in [5, 5.41) is 0. The maximum Gasteiger partial charge on any atom is 0.0594 e. The predicted octanol–water partition coefficient (Wildman–Crippen LogP) is 4.91. The Balaban J connectivity index is 1.55. The van der Waals surface area contributed by atoms with Gasteiger partial charge < -0.3 is 9.64 Å². The molecule has 3 rings (SSSR count). The Bertz CT molecular complexity index is 501. The molecule has 3 heteroatoms. The topological polar surface area (TPSA) is 15.7 Å². The van der Waals surface area contributed by atoms with Crippen LogP contribution in [0.25, 0.3) is 0 Å². The van der Waals surface area contributed by atoms with Crippen molar-refractivity contribution in [2.75, 3.05) is 39.9 Å². The second-order valence-corrected chi connectivity index (χ2v) is 12.2. The Morgan fingerprint density at radius 3 is 2.07 bits per heavy atom. The number of nitrogens with zero attached hydrogens (tertiary/aromatic N) is 2. The molecule has 0 aromatic carbocycles. The number of likely N-dealkylation sites (tertiary alicyclic amines) is 1. The van der Waals surface area contributed by atoms with E-state index >= 15 is 0 Å².